The standard InChI is InChI=1S/C16H34O4S.Na.H/c1-2-3-4-5-6-7-8-9-10-11-13-16(17)14-12-15-21(18,19)20;;/h16-17H,2-15H2,1H3,(H,18,19,20);;. The SMILES string of the molecule is CCCCCCCCCCCCC(O)CCCS(=O)(=O)O.[NaH]. The summed E-state index contributed by atoms with van der Waals surface area (Å²) in [7, 11) is -3.87. The van der Waals surface area contributed by atoms with Crippen LogP contribution in [0.5, 0.6) is 0 Å². The van der Waals surface area contributed by atoms with E-state index in [1.807, 2.05) is 0 Å². The van der Waals surface area contributed by atoms with E-state index in [0.29, 0.717) is 12.8 Å². The molecule has 22 heavy (non-hydrogen) atoms. The van der Waals surface area contributed by atoms with E-state index in [0.717, 1.165) is 19.3 Å². The van der Waals surface area contributed by atoms with Crippen LogP contribution in [0.4, 0.5) is 0 Å². The fourth-order valence-electron chi connectivity index (χ4n) is 2.51. The summed E-state index contributed by atoms with van der Waals surface area (Å²) in [5, 5.41) is 9.69. The van der Waals surface area contributed by atoms with E-state index >= 15 is 0 Å². The van der Waals surface area contributed by atoms with Gasteiger partial charge in [0.15, 0.2) is 0 Å². The van der Waals surface area contributed by atoms with Crippen molar-refractivity contribution in [2.45, 2.75) is 96.5 Å². The minimum atomic E-state index is -3.87. The van der Waals surface area contributed by atoms with Crippen molar-refractivity contribution in [3.05, 3.63) is 0 Å². The zero-order chi connectivity index (χ0) is 16.0. The molecule has 0 aromatic rings. The molecule has 1 atom stereocenters. The van der Waals surface area contributed by atoms with Gasteiger partial charge in [0.2, 0.25) is 0 Å². The normalized spacial score (nSPS) is 12.9. The van der Waals surface area contributed by atoms with Gasteiger partial charge in [-0.25, -0.2) is 0 Å². The monoisotopic (exact) mass is 346 g/mol. The molecule has 0 aliphatic rings. The number of aliphatic hydroxyl groups is 1. The maximum atomic E-state index is 10.5. The zero-order valence-electron chi connectivity index (χ0n) is 13.6. The van der Waals surface area contributed by atoms with Crippen LogP contribution in [0.15, 0.2) is 0 Å². The predicted octanol–water partition coefficient (Wildman–Crippen LogP) is 3.68. The van der Waals surface area contributed by atoms with Crippen molar-refractivity contribution >= 4 is 39.7 Å². The van der Waals surface area contributed by atoms with E-state index in [1.165, 1.54) is 51.4 Å². The molecule has 0 fully saturated rings. The van der Waals surface area contributed by atoms with E-state index in [1.54, 1.807) is 0 Å². The van der Waals surface area contributed by atoms with Gasteiger partial charge in [-0.3, -0.25) is 4.55 Å². The van der Waals surface area contributed by atoms with Gasteiger partial charge in [-0.05, 0) is 19.3 Å². The molecule has 0 radical (unpaired) electrons. The van der Waals surface area contributed by atoms with Crippen molar-refractivity contribution in [1.82, 2.24) is 0 Å². The first-order valence-corrected chi connectivity index (χ1v) is 10.2. The molecule has 0 aromatic carbocycles. The predicted molar refractivity (Wildman–Crippen MR) is 95.3 cm³/mol. The number of rotatable bonds is 15. The third-order valence-electron chi connectivity index (χ3n) is 3.83. The minimum absolute atomic E-state index is 0. The number of aliphatic hydroxyl groups excluding tert-OH is 1. The van der Waals surface area contributed by atoms with Gasteiger partial charge in [-0.15, -0.1) is 0 Å². The van der Waals surface area contributed by atoms with Crippen LogP contribution in [-0.4, -0.2) is 59.5 Å². The van der Waals surface area contributed by atoms with Crippen molar-refractivity contribution in [2.24, 2.45) is 0 Å². The molecular formula is C16H35NaO4S. The summed E-state index contributed by atoms with van der Waals surface area (Å²) in [4.78, 5) is 0. The first kappa shape index (κ1) is 25.1. The average molecular weight is 347 g/mol. The Bertz CT molecular complexity index is 320. The topological polar surface area (TPSA) is 74.6 Å². The van der Waals surface area contributed by atoms with E-state index < -0.39 is 16.2 Å². The molecule has 1 unspecified atom stereocenters. The second-order valence-corrected chi connectivity index (χ2v) is 7.62. The van der Waals surface area contributed by atoms with Crippen LogP contribution >= 0.6 is 0 Å². The molecule has 0 aliphatic carbocycles. The van der Waals surface area contributed by atoms with Gasteiger partial charge in [-0.1, -0.05) is 71.1 Å². The molecule has 0 saturated heterocycles. The van der Waals surface area contributed by atoms with Crippen molar-refractivity contribution < 1.29 is 18.1 Å². The van der Waals surface area contributed by atoms with Crippen molar-refractivity contribution in [2.75, 3.05) is 5.75 Å². The molecule has 2 N–H and O–H groups in total. The summed E-state index contributed by atoms with van der Waals surface area (Å²) in [6.07, 6.45) is 13.8. The second kappa shape index (κ2) is 16.7. The van der Waals surface area contributed by atoms with Gasteiger partial charge in [0.1, 0.15) is 0 Å². The summed E-state index contributed by atoms with van der Waals surface area (Å²) in [6.45, 7) is 2.23. The summed E-state index contributed by atoms with van der Waals surface area (Å²) in [5.41, 5.74) is 0. The molecule has 0 bridgehead atoms. The molecule has 0 saturated carbocycles. The molecule has 0 amide bonds. The van der Waals surface area contributed by atoms with Crippen molar-refractivity contribution in [3.8, 4) is 0 Å². The Morgan fingerprint density at radius 2 is 1.18 bits per heavy atom. The average Bonchev–Trinajstić information content (AvgIpc) is 2.39. The zero-order valence-corrected chi connectivity index (χ0v) is 14.4. The van der Waals surface area contributed by atoms with Crippen LogP contribution in [0, 0.1) is 0 Å². The van der Waals surface area contributed by atoms with Gasteiger partial charge in [-0.2, -0.15) is 8.42 Å². The Kier molecular flexibility index (Phi) is 19.1. The summed E-state index contributed by atoms with van der Waals surface area (Å²) < 4.78 is 29.6. The Labute approximate surface area is 159 Å². The Balaban J connectivity index is 0. The third-order valence-corrected chi connectivity index (χ3v) is 4.64. The van der Waals surface area contributed by atoms with Gasteiger partial charge in [0.25, 0.3) is 10.1 Å². The number of hydrogen-bond acceptors (Lipinski definition) is 3. The first-order chi connectivity index (χ1) is 9.95. The van der Waals surface area contributed by atoms with Crippen molar-refractivity contribution in [3.63, 3.8) is 0 Å². The molecule has 0 aromatic heterocycles. The van der Waals surface area contributed by atoms with Gasteiger partial charge < -0.3 is 5.11 Å². The summed E-state index contributed by atoms with van der Waals surface area (Å²) in [6, 6.07) is 0. The Morgan fingerprint density at radius 1 is 0.773 bits per heavy atom. The number of hydrogen-bond donors (Lipinski definition) is 2. The Morgan fingerprint density at radius 3 is 1.64 bits per heavy atom. The molecule has 0 spiro atoms. The molecule has 4 nitrogen and oxygen atoms in total. The van der Waals surface area contributed by atoms with Crippen LogP contribution in [0.1, 0.15) is 90.4 Å². The fourth-order valence-corrected chi connectivity index (χ4v) is 3.04. The van der Waals surface area contributed by atoms with E-state index in [-0.39, 0.29) is 35.3 Å². The van der Waals surface area contributed by atoms with Crippen LogP contribution in [0.25, 0.3) is 0 Å². The van der Waals surface area contributed by atoms with E-state index in [2.05, 4.69) is 6.92 Å². The second-order valence-electron chi connectivity index (χ2n) is 6.05. The fraction of sp³-hybridized carbons (Fsp3) is 1.00. The third kappa shape index (κ3) is 20.9. The molecule has 0 rings (SSSR count). The van der Waals surface area contributed by atoms with E-state index in [4.69, 9.17) is 4.55 Å². The maximum absolute atomic E-state index is 10.5. The molecule has 0 heterocycles. The van der Waals surface area contributed by atoms with Gasteiger partial charge >= 0.3 is 29.6 Å². The molecule has 6 heteroatoms. The summed E-state index contributed by atoms with van der Waals surface area (Å²) in [5.74, 6) is -0.248. The summed E-state index contributed by atoms with van der Waals surface area (Å²) >= 11 is 0. The Hall–Kier alpha value is 0.870. The van der Waals surface area contributed by atoms with Crippen LogP contribution in [0.2, 0.25) is 0 Å². The molecule has 130 valence electrons. The van der Waals surface area contributed by atoms with Crippen LogP contribution in [-0.2, 0) is 10.1 Å². The van der Waals surface area contributed by atoms with Crippen LogP contribution in [0.3, 0.4) is 0 Å². The van der Waals surface area contributed by atoms with Gasteiger partial charge in [0, 0.05) is 0 Å². The number of unbranched alkanes of at least 4 members (excludes halogenated alkanes) is 9. The van der Waals surface area contributed by atoms with Gasteiger partial charge in [0.05, 0.1) is 11.9 Å². The molecular weight excluding hydrogens is 311 g/mol. The van der Waals surface area contributed by atoms with E-state index in [9.17, 15) is 13.5 Å². The molecule has 0 aliphatic heterocycles. The first-order valence-electron chi connectivity index (χ1n) is 8.59. The van der Waals surface area contributed by atoms with Crippen LogP contribution < -0.4 is 0 Å². The van der Waals surface area contributed by atoms with Crippen molar-refractivity contribution in [1.29, 1.82) is 0 Å². The quantitative estimate of drug-likeness (QED) is 0.269.